The molecule has 2 amide bonds. The van der Waals surface area contributed by atoms with Crippen molar-refractivity contribution in [2.75, 3.05) is 13.1 Å². The predicted molar refractivity (Wildman–Crippen MR) is 94.8 cm³/mol. The van der Waals surface area contributed by atoms with E-state index in [4.69, 9.17) is 0 Å². The largest absolute Gasteiger partial charge is 0.416 e. The Morgan fingerprint density at radius 3 is 2.26 bits per heavy atom. The maximum Gasteiger partial charge on any atom is 0.416 e. The summed E-state index contributed by atoms with van der Waals surface area (Å²) in [5, 5.41) is 2.91. The first-order chi connectivity index (χ1) is 12.8. The zero-order valence-corrected chi connectivity index (χ0v) is 15.1. The topological polar surface area (TPSA) is 49.4 Å². The lowest BCUT2D eigenvalue weighted by atomic mass is 9.79. The van der Waals surface area contributed by atoms with Crippen LogP contribution in [0, 0.1) is 17.8 Å². The molecule has 1 N–H and O–H groups in total. The number of hydrogen-bond acceptors (Lipinski definition) is 2. The average molecular weight is 382 g/mol. The van der Waals surface area contributed by atoms with Crippen LogP contribution in [0.5, 0.6) is 0 Å². The van der Waals surface area contributed by atoms with Crippen molar-refractivity contribution >= 4 is 11.8 Å². The molecule has 0 aromatic heterocycles. The summed E-state index contributed by atoms with van der Waals surface area (Å²) < 4.78 is 38.0. The van der Waals surface area contributed by atoms with Crippen LogP contribution in [-0.4, -0.2) is 35.8 Å². The van der Waals surface area contributed by atoms with Crippen LogP contribution in [0.25, 0.3) is 0 Å². The molecular weight excluding hydrogens is 357 g/mol. The molecule has 27 heavy (non-hydrogen) atoms. The number of nitrogens with zero attached hydrogens (tertiary/aromatic N) is 1. The number of amides is 2. The van der Waals surface area contributed by atoms with Crippen LogP contribution in [0.3, 0.4) is 0 Å². The number of carbonyl (C=O) groups is 2. The average Bonchev–Trinajstić information content (AvgIpc) is 3.09. The quantitative estimate of drug-likeness (QED) is 0.867. The van der Waals surface area contributed by atoms with E-state index in [1.807, 2.05) is 4.90 Å². The lowest BCUT2D eigenvalue weighted by Gasteiger charge is -2.37. The SMILES string of the molecule is CCC(=O)NC1CC(C(=O)N2C[C@@H]3C(c4ccc(C(F)(F)F)cc4)[C@@H]3C2)C1.[HH]. The van der Waals surface area contributed by atoms with Gasteiger partial charge in [-0.05, 0) is 48.3 Å². The number of halogens is 3. The van der Waals surface area contributed by atoms with Crippen molar-refractivity contribution < 1.29 is 24.2 Å². The van der Waals surface area contributed by atoms with Gasteiger partial charge in [0.2, 0.25) is 11.8 Å². The number of nitrogens with one attached hydrogen (secondary N) is 1. The molecule has 0 bridgehead atoms. The fourth-order valence-electron chi connectivity index (χ4n) is 4.62. The van der Waals surface area contributed by atoms with Gasteiger partial charge in [-0.15, -0.1) is 0 Å². The molecule has 0 radical (unpaired) electrons. The van der Waals surface area contributed by atoms with Crippen molar-refractivity contribution in [3.05, 3.63) is 35.4 Å². The third kappa shape index (κ3) is 3.44. The minimum absolute atomic E-state index is 0. The van der Waals surface area contributed by atoms with Crippen LogP contribution >= 0.6 is 0 Å². The first-order valence-electron chi connectivity index (χ1n) is 9.53. The van der Waals surface area contributed by atoms with Crippen LogP contribution in [0.15, 0.2) is 24.3 Å². The minimum Gasteiger partial charge on any atom is -0.353 e. The van der Waals surface area contributed by atoms with Crippen LogP contribution < -0.4 is 5.32 Å². The fraction of sp³-hybridized carbons (Fsp3) is 0.600. The molecule has 3 atom stereocenters. The molecule has 1 aromatic carbocycles. The molecule has 1 aliphatic heterocycles. The zero-order valence-electron chi connectivity index (χ0n) is 15.1. The van der Waals surface area contributed by atoms with E-state index in [-0.39, 0.29) is 31.1 Å². The standard InChI is InChI=1S/C20H23F3N2O2.H2/c1-2-17(26)24-14-7-12(8-14)19(27)25-9-15-16(10-25)18(15)11-3-5-13(6-4-11)20(21,22)23;/h3-6,12,14-16,18H,2,7-10H2,1H3,(H,24,26);1H/t12?,14?,15-,16+,18?;. The summed E-state index contributed by atoms with van der Waals surface area (Å²) in [5.41, 5.74) is 0.319. The molecular formula is C20H25F3N2O2. The smallest absolute Gasteiger partial charge is 0.353 e. The Bertz CT molecular complexity index is 735. The van der Waals surface area contributed by atoms with Gasteiger partial charge < -0.3 is 10.2 Å². The highest BCUT2D eigenvalue weighted by Crippen LogP contribution is 2.58. The number of carbonyl (C=O) groups excluding carboxylic acids is 2. The molecule has 7 heteroatoms. The van der Waals surface area contributed by atoms with Gasteiger partial charge in [0.25, 0.3) is 0 Å². The third-order valence-electron chi connectivity index (χ3n) is 6.30. The monoisotopic (exact) mass is 382 g/mol. The van der Waals surface area contributed by atoms with E-state index in [9.17, 15) is 22.8 Å². The van der Waals surface area contributed by atoms with Gasteiger partial charge in [0, 0.05) is 32.9 Å². The molecule has 2 aliphatic carbocycles. The number of likely N-dealkylation sites (tertiary alicyclic amines) is 1. The number of alkyl halides is 3. The second-order valence-electron chi connectivity index (χ2n) is 8.00. The molecule has 3 aliphatic rings. The number of fused-ring (bicyclic) bond motifs is 1. The second-order valence-corrected chi connectivity index (χ2v) is 8.00. The highest BCUT2D eigenvalue weighted by molar-refractivity contribution is 5.81. The maximum absolute atomic E-state index is 12.7. The van der Waals surface area contributed by atoms with Gasteiger partial charge in [-0.2, -0.15) is 13.2 Å². The van der Waals surface area contributed by atoms with Gasteiger partial charge in [-0.25, -0.2) is 0 Å². The molecule has 148 valence electrons. The molecule has 1 aromatic rings. The Hall–Kier alpha value is -2.05. The van der Waals surface area contributed by atoms with E-state index in [0.717, 1.165) is 17.7 Å². The number of benzene rings is 1. The van der Waals surface area contributed by atoms with E-state index in [1.165, 1.54) is 0 Å². The number of rotatable bonds is 4. The highest BCUT2D eigenvalue weighted by atomic mass is 19.4. The van der Waals surface area contributed by atoms with E-state index < -0.39 is 11.7 Å². The Labute approximate surface area is 157 Å². The van der Waals surface area contributed by atoms with Crippen LogP contribution in [0.1, 0.15) is 44.7 Å². The summed E-state index contributed by atoms with van der Waals surface area (Å²) in [6.07, 6.45) is -2.44. The van der Waals surface area contributed by atoms with Gasteiger partial charge in [-0.3, -0.25) is 9.59 Å². The predicted octanol–water partition coefficient (Wildman–Crippen LogP) is 3.43. The van der Waals surface area contributed by atoms with Crippen molar-refractivity contribution in [1.82, 2.24) is 10.2 Å². The van der Waals surface area contributed by atoms with E-state index in [0.29, 0.717) is 44.2 Å². The Balaban J connectivity index is 0.00000225. The van der Waals surface area contributed by atoms with E-state index in [1.54, 1.807) is 19.1 Å². The Morgan fingerprint density at radius 2 is 1.74 bits per heavy atom. The molecule has 2 saturated carbocycles. The van der Waals surface area contributed by atoms with E-state index in [2.05, 4.69) is 5.32 Å². The molecule has 4 rings (SSSR count). The maximum atomic E-state index is 12.7. The van der Waals surface area contributed by atoms with Crippen molar-refractivity contribution in [1.29, 1.82) is 0 Å². The van der Waals surface area contributed by atoms with Crippen LogP contribution in [-0.2, 0) is 15.8 Å². The van der Waals surface area contributed by atoms with Crippen molar-refractivity contribution in [3.63, 3.8) is 0 Å². The van der Waals surface area contributed by atoms with Crippen LogP contribution in [0.2, 0.25) is 0 Å². The summed E-state index contributed by atoms with van der Waals surface area (Å²) >= 11 is 0. The molecule has 4 nitrogen and oxygen atoms in total. The molecule has 3 fully saturated rings. The van der Waals surface area contributed by atoms with Gasteiger partial charge in [-0.1, -0.05) is 19.1 Å². The molecule has 1 heterocycles. The molecule has 1 saturated heterocycles. The van der Waals surface area contributed by atoms with Gasteiger partial charge in [0.05, 0.1) is 5.56 Å². The van der Waals surface area contributed by atoms with Gasteiger partial charge in [0.1, 0.15) is 0 Å². The normalized spacial score (nSPS) is 31.9. The summed E-state index contributed by atoms with van der Waals surface area (Å²) in [4.78, 5) is 25.9. The van der Waals surface area contributed by atoms with Crippen molar-refractivity contribution in [3.8, 4) is 0 Å². The lowest BCUT2D eigenvalue weighted by molar-refractivity contribution is -0.139. The summed E-state index contributed by atoms with van der Waals surface area (Å²) in [6.45, 7) is 3.19. The van der Waals surface area contributed by atoms with Crippen LogP contribution in [0.4, 0.5) is 13.2 Å². The number of piperidine rings is 1. The van der Waals surface area contributed by atoms with Gasteiger partial charge in [0.15, 0.2) is 0 Å². The summed E-state index contributed by atoms with van der Waals surface area (Å²) in [7, 11) is 0. The zero-order chi connectivity index (χ0) is 19.3. The highest BCUT2D eigenvalue weighted by Gasteiger charge is 2.57. The molecule has 0 spiro atoms. The lowest BCUT2D eigenvalue weighted by Crippen LogP contribution is -2.50. The van der Waals surface area contributed by atoms with Gasteiger partial charge >= 0.3 is 6.18 Å². The number of hydrogen-bond donors (Lipinski definition) is 1. The first-order valence-corrected chi connectivity index (χ1v) is 9.53. The third-order valence-corrected chi connectivity index (χ3v) is 6.30. The summed E-state index contributed by atoms with van der Waals surface area (Å²) in [5.74, 6) is 1.18. The first kappa shape index (κ1) is 18.3. The minimum atomic E-state index is -4.31. The van der Waals surface area contributed by atoms with E-state index >= 15 is 0 Å². The fourth-order valence-corrected chi connectivity index (χ4v) is 4.62. The Kier molecular flexibility index (Phi) is 4.43. The van der Waals surface area contributed by atoms with Crippen molar-refractivity contribution in [2.45, 2.75) is 44.3 Å². The van der Waals surface area contributed by atoms with Crippen molar-refractivity contribution in [2.24, 2.45) is 17.8 Å². The summed E-state index contributed by atoms with van der Waals surface area (Å²) in [6, 6.07) is 5.55. The molecule has 1 unspecified atom stereocenters. The Morgan fingerprint density at radius 1 is 1.15 bits per heavy atom. The second kappa shape index (κ2) is 6.53.